The zero-order valence-corrected chi connectivity index (χ0v) is 15.8. The second-order valence-corrected chi connectivity index (χ2v) is 8.22. The topological polar surface area (TPSA) is 72.3 Å². The molecule has 138 valence electrons. The van der Waals surface area contributed by atoms with Crippen molar-refractivity contribution >= 4 is 21.9 Å². The Kier molecular flexibility index (Phi) is 5.34. The van der Waals surface area contributed by atoms with Crippen LogP contribution in [-0.2, 0) is 10.0 Å². The van der Waals surface area contributed by atoms with E-state index in [9.17, 15) is 13.2 Å². The monoisotopic (exact) mass is 381 g/mol. The van der Waals surface area contributed by atoms with E-state index in [2.05, 4.69) is 4.98 Å². The third-order valence-corrected chi connectivity index (χ3v) is 5.87. The molecule has 0 N–H and O–H groups in total. The second-order valence-electron chi connectivity index (χ2n) is 6.07. The Labute approximate surface area is 158 Å². The van der Waals surface area contributed by atoms with E-state index in [0.29, 0.717) is 5.56 Å². The van der Waals surface area contributed by atoms with E-state index in [0.717, 1.165) is 15.6 Å². The number of carbonyl (C=O) groups is 1. The molecule has 1 heterocycles. The van der Waals surface area contributed by atoms with Gasteiger partial charge in [-0.1, -0.05) is 18.2 Å². The summed E-state index contributed by atoms with van der Waals surface area (Å²) in [6.07, 6.45) is 8.48. The summed E-state index contributed by atoms with van der Waals surface area (Å²) in [4.78, 5) is 16.5. The lowest BCUT2D eigenvalue weighted by atomic mass is 10.1. The number of ketones is 1. The van der Waals surface area contributed by atoms with Gasteiger partial charge in [-0.25, -0.2) is 17.7 Å². The molecule has 0 fully saturated rings. The molecule has 0 atom stereocenters. The summed E-state index contributed by atoms with van der Waals surface area (Å²) in [5, 5.41) is 0. The summed E-state index contributed by atoms with van der Waals surface area (Å²) in [7, 11) is -0.565. The van der Waals surface area contributed by atoms with Crippen molar-refractivity contribution in [2.75, 3.05) is 14.1 Å². The molecule has 0 radical (unpaired) electrons. The molecule has 0 spiro atoms. The standard InChI is InChI=1S/C20H19N3O3S/c1-22(2)27(25,26)19-10-6-17(7-11-19)20(24)12-5-16-3-8-18(9-4-16)23-14-13-21-15-23/h3-15H,1-2H3/b12-5+. The van der Waals surface area contributed by atoms with Crippen molar-refractivity contribution in [1.29, 1.82) is 0 Å². The number of rotatable bonds is 6. The predicted molar refractivity (Wildman–Crippen MR) is 104 cm³/mol. The second kappa shape index (κ2) is 7.69. The van der Waals surface area contributed by atoms with Crippen molar-refractivity contribution in [3.8, 4) is 5.69 Å². The van der Waals surface area contributed by atoms with Crippen LogP contribution in [0.15, 0.2) is 78.2 Å². The molecule has 3 aromatic rings. The Morgan fingerprint density at radius 2 is 1.70 bits per heavy atom. The van der Waals surface area contributed by atoms with Crippen LogP contribution in [0.2, 0.25) is 0 Å². The van der Waals surface area contributed by atoms with E-state index in [1.807, 2.05) is 35.0 Å². The Morgan fingerprint density at radius 3 is 2.26 bits per heavy atom. The fourth-order valence-corrected chi connectivity index (χ4v) is 3.34. The quantitative estimate of drug-likeness (QED) is 0.486. The van der Waals surface area contributed by atoms with E-state index in [1.54, 1.807) is 18.6 Å². The first-order valence-electron chi connectivity index (χ1n) is 8.21. The number of carbonyl (C=O) groups excluding carboxylic acids is 1. The van der Waals surface area contributed by atoms with Crippen molar-refractivity contribution in [1.82, 2.24) is 13.9 Å². The van der Waals surface area contributed by atoms with Gasteiger partial charge in [0.25, 0.3) is 0 Å². The third-order valence-electron chi connectivity index (χ3n) is 4.04. The Hall–Kier alpha value is -3.03. The Morgan fingerprint density at radius 1 is 1.04 bits per heavy atom. The number of nitrogens with zero attached hydrogens (tertiary/aromatic N) is 3. The van der Waals surface area contributed by atoms with Gasteiger partial charge in [0.15, 0.2) is 5.78 Å². The molecule has 2 aromatic carbocycles. The van der Waals surface area contributed by atoms with Crippen molar-refractivity contribution in [3.63, 3.8) is 0 Å². The molecule has 0 amide bonds. The molecule has 1 aromatic heterocycles. The van der Waals surface area contributed by atoms with Crippen LogP contribution in [0.25, 0.3) is 11.8 Å². The molecule has 0 saturated heterocycles. The first-order valence-corrected chi connectivity index (χ1v) is 9.65. The fraction of sp³-hybridized carbons (Fsp3) is 0.100. The fourth-order valence-electron chi connectivity index (χ4n) is 2.44. The highest BCUT2D eigenvalue weighted by Gasteiger charge is 2.17. The number of hydrogen-bond donors (Lipinski definition) is 0. The number of allylic oxidation sites excluding steroid dienone is 1. The lowest BCUT2D eigenvalue weighted by Crippen LogP contribution is -2.22. The van der Waals surface area contributed by atoms with Crippen molar-refractivity contribution in [3.05, 3.63) is 84.5 Å². The van der Waals surface area contributed by atoms with Crippen molar-refractivity contribution in [2.45, 2.75) is 4.90 Å². The SMILES string of the molecule is CN(C)S(=O)(=O)c1ccc(C(=O)/C=C/c2ccc(-n3ccnc3)cc2)cc1. The van der Waals surface area contributed by atoms with Crippen molar-refractivity contribution < 1.29 is 13.2 Å². The third kappa shape index (κ3) is 4.21. The molecule has 27 heavy (non-hydrogen) atoms. The van der Waals surface area contributed by atoms with E-state index < -0.39 is 10.0 Å². The van der Waals surface area contributed by atoms with Gasteiger partial charge in [-0.05, 0) is 48.0 Å². The van der Waals surface area contributed by atoms with Crippen LogP contribution in [0.1, 0.15) is 15.9 Å². The zero-order chi connectivity index (χ0) is 19.4. The molecule has 3 rings (SSSR count). The Bertz CT molecular complexity index is 1050. The van der Waals surface area contributed by atoms with Gasteiger partial charge < -0.3 is 4.57 Å². The largest absolute Gasteiger partial charge is 0.306 e. The number of hydrogen-bond acceptors (Lipinski definition) is 4. The first kappa shape index (κ1) is 18.8. The van der Waals surface area contributed by atoms with Gasteiger partial charge in [-0.15, -0.1) is 0 Å². The lowest BCUT2D eigenvalue weighted by Gasteiger charge is -2.11. The summed E-state index contributed by atoms with van der Waals surface area (Å²) >= 11 is 0. The summed E-state index contributed by atoms with van der Waals surface area (Å²) in [5.74, 6) is -0.192. The molecular weight excluding hydrogens is 362 g/mol. The highest BCUT2D eigenvalue weighted by Crippen LogP contribution is 2.15. The maximum absolute atomic E-state index is 12.3. The molecule has 0 bridgehead atoms. The smallest absolute Gasteiger partial charge is 0.242 e. The minimum Gasteiger partial charge on any atom is -0.306 e. The highest BCUT2D eigenvalue weighted by molar-refractivity contribution is 7.89. The summed E-state index contributed by atoms with van der Waals surface area (Å²) in [5.41, 5.74) is 2.30. The van der Waals surface area contributed by atoms with Gasteiger partial charge in [-0.3, -0.25) is 4.79 Å². The summed E-state index contributed by atoms with van der Waals surface area (Å²) in [6.45, 7) is 0. The number of benzene rings is 2. The summed E-state index contributed by atoms with van der Waals surface area (Å²) < 4.78 is 27.1. The average Bonchev–Trinajstić information content (AvgIpc) is 3.21. The van der Waals surface area contributed by atoms with Gasteiger partial charge in [-0.2, -0.15) is 0 Å². The average molecular weight is 381 g/mol. The molecule has 0 aliphatic rings. The predicted octanol–water partition coefficient (Wildman–Crippen LogP) is 3.02. The maximum atomic E-state index is 12.3. The minimum absolute atomic E-state index is 0.156. The number of sulfonamides is 1. The molecular formula is C20H19N3O3S. The molecule has 0 aliphatic carbocycles. The van der Waals surface area contributed by atoms with Gasteiger partial charge in [0.2, 0.25) is 10.0 Å². The van der Waals surface area contributed by atoms with Gasteiger partial charge >= 0.3 is 0 Å². The molecule has 0 unspecified atom stereocenters. The van der Waals surface area contributed by atoms with E-state index >= 15 is 0 Å². The van der Waals surface area contributed by atoms with Crippen LogP contribution >= 0.6 is 0 Å². The van der Waals surface area contributed by atoms with Gasteiger partial charge in [0.1, 0.15) is 0 Å². The lowest BCUT2D eigenvalue weighted by molar-refractivity contribution is 0.104. The molecule has 0 saturated carbocycles. The van der Waals surface area contributed by atoms with Crippen LogP contribution in [0.4, 0.5) is 0 Å². The maximum Gasteiger partial charge on any atom is 0.242 e. The zero-order valence-electron chi connectivity index (χ0n) is 15.0. The van der Waals surface area contributed by atoms with E-state index in [-0.39, 0.29) is 10.7 Å². The Balaban J connectivity index is 1.71. The van der Waals surface area contributed by atoms with Gasteiger partial charge in [0.05, 0.1) is 11.2 Å². The molecule has 0 aliphatic heterocycles. The van der Waals surface area contributed by atoms with E-state index in [1.165, 1.54) is 44.4 Å². The summed E-state index contributed by atoms with van der Waals surface area (Å²) in [6, 6.07) is 13.6. The van der Waals surface area contributed by atoms with Crippen LogP contribution in [-0.4, -0.2) is 42.2 Å². The molecule has 7 heteroatoms. The van der Waals surface area contributed by atoms with Crippen LogP contribution in [0, 0.1) is 0 Å². The minimum atomic E-state index is -3.50. The highest BCUT2D eigenvalue weighted by atomic mass is 32.2. The van der Waals surface area contributed by atoms with E-state index in [4.69, 9.17) is 0 Å². The van der Waals surface area contributed by atoms with Crippen molar-refractivity contribution in [2.24, 2.45) is 0 Å². The normalized spacial score (nSPS) is 12.0. The van der Waals surface area contributed by atoms with Crippen LogP contribution in [0.3, 0.4) is 0 Å². The first-order chi connectivity index (χ1) is 12.9. The number of aromatic nitrogens is 2. The van der Waals surface area contributed by atoms with Crippen LogP contribution in [0.5, 0.6) is 0 Å². The van der Waals surface area contributed by atoms with Gasteiger partial charge in [0, 0.05) is 37.7 Å². The number of imidazole rings is 1. The van der Waals surface area contributed by atoms with Crippen LogP contribution < -0.4 is 0 Å². The molecule has 6 nitrogen and oxygen atoms in total.